The van der Waals surface area contributed by atoms with Crippen LogP contribution in [0.4, 0.5) is 0 Å². The number of hydrogen-bond acceptors (Lipinski definition) is 5. The summed E-state index contributed by atoms with van der Waals surface area (Å²) in [4.78, 5) is 29.6. The lowest BCUT2D eigenvalue weighted by Gasteiger charge is -2.37. The number of aliphatic carboxylic acids is 1. The Bertz CT molecular complexity index is 433. The minimum Gasteiger partial charge on any atom is -0.480 e. The summed E-state index contributed by atoms with van der Waals surface area (Å²) in [5, 5.41) is 12.7. The molecule has 0 spiro atoms. The highest BCUT2D eigenvalue weighted by Gasteiger charge is 2.62. The molecule has 0 aromatic heterocycles. The van der Waals surface area contributed by atoms with Crippen molar-refractivity contribution in [2.24, 2.45) is 5.16 Å². The van der Waals surface area contributed by atoms with E-state index in [1.165, 1.54) is 16.7 Å². The van der Waals surface area contributed by atoms with Gasteiger partial charge in [-0.05, 0) is 27.7 Å². The molecule has 0 radical (unpaired) electrons. The second-order valence-corrected chi connectivity index (χ2v) is 6.89. The largest absolute Gasteiger partial charge is 0.480 e. The second kappa shape index (κ2) is 4.15. The third kappa shape index (κ3) is 1.86. The molecule has 2 atom stereocenters. The van der Waals surface area contributed by atoms with Crippen LogP contribution in [-0.4, -0.2) is 49.9 Å². The smallest absolute Gasteiger partial charge is 0.327 e. The van der Waals surface area contributed by atoms with Crippen LogP contribution in [0.3, 0.4) is 0 Å². The van der Waals surface area contributed by atoms with Gasteiger partial charge in [0.05, 0.1) is 0 Å². The maximum atomic E-state index is 11.9. The normalized spacial score (nSPS) is 31.5. The van der Waals surface area contributed by atoms with Crippen LogP contribution < -0.4 is 0 Å². The summed E-state index contributed by atoms with van der Waals surface area (Å²) in [5.41, 5.74) is 0.311. The van der Waals surface area contributed by atoms with Crippen molar-refractivity contribution in [3.05, 3.63) is 0 Å². The van der Waals surface area contributed by atoms with E-state index in [1.807, 2.05) is 27.7 Å². The van der Waals surface area contributed by atoms with E-state index in [0.29, 0.717) is 5.71 Å². The van der Waals surface area contributed by atoms with Crippen LogP contribution in [0.25, 0.3) is 0 Å². The molecule has 0 saturated carbocycles. The number of β-lactam (4-membered cyclic amide) rings is 1. The summed E-state index contributed by atoms with van der Waals surface area (Å²) < 4.78 is -0.527. The molecule has 2 heterocycles. The van der Waals surface area contributed by atoms with Crippen molar-refractivity contribution in [2.75, 3.05) is 0 Å². The first-order valence-electron chi connectivity index (χ1n) is 5.72. The van der Waals surface area contributed by atoms with Crippen molar-refractivity contribution in [2.45, 2.75) is 50.0 Å². The van der Waals surface area contributed by atoms with Crippen LogP contribution in [0.5, 0.6) is 0 Å². The fourth-order valence-corrected chi connectivity index (χ4v) is 3.63. The fourth-order valence-electron chi connectivity index (χ4n) is 2.13. The Morgan fingerprint density at radius 1 is 1.56 bits per heavy atom. The minimum absolute atomic E-state index is 0.103. The van der Waals surface area contributed by atoms with Crippen molar-refractivity contribution in [3.8, 4) is 0 Å². The lowest BCUT2D eigenvalue weighted by Crippen LogP contribution is -2.63. The summed E-state index contributed by atoms with van der Waals surface area (Å²) >= 11 is 1.43. The van der Waals surface area contributed by atoms with Gasteiger partial charge in [0.2, 0.25) is 0 Å². The molecule has 2 aliphatic rings. The summed E-state index contributed by atoms with van der Waals surface area (Å²) in [7, 11) is 0. The Morgan fingerprint density at radius 3 is 2.67 bits per heavy atom. The van der Waals surface area contributed by atoms with Crippen LogP contribution in [0.15, 0.2) is 5.16 Å². The summed E-state index contributed by atoms with van der Waals surface area (Å²) in [5.74, 6) is -1.32. The van der Waals surface area contributed by atoms with Gasteiger partial charge in [-0.2, -0.15) is 0 Å². The van der Waals surface area contributed by atoms with E-state index in [0.717, 1.165) is 0 Å². The molecule has 1 N–H and O–H groups in total. The highest BCUT2D eigenvalue weighted by Crippen LogP contribution is 2.49. The minimum atomic E-state index is -0.979. The predicted molar refractivity (Wildman–Crippen MR) is 67.4 cm³/mol. The van der Waals surface area contributed by atoms with Gasteiger partial charge in [0.1, 0.15) is 17.5 Å². The number of carbonyl (C=O) groups excluding carboxylic acids is 1. The Balaban J connectivity index is 2.22. The van der Waals surface area contributed by atoms with E-state index < -0.39 is 16.8 Å². The molecule has 0 unspecified atom stereocenters. The molecule has 18 heavy (non-hydrogen) atoms. The predicted octanol–water partition coefficient (Wildman–Crippen LogP) is 0.914. The number of carboxylic acid groups (broad SMARTS) is 1. The van der Waals surface area contributed by atoms with Gasteiger partial charge in [0.25, 0.3) is 5.91 Å². The molecular formula is C11H16N2O4S. The molecule has 2 rings (SSSR count). The van der Waals surface area contributed by atoms with E-state index in [2.05, 4.69) is 5.16 Å². The fraction of sp³-hybridized carbons (Fsp3) is 0.727. The molecule has 0 bridgehead atoms. The van der Waals surface area contributed by atoms with Crippen molar-refractivity contribution in [1.82, 2.24) is 4.90 Å². The van der Waals surface area contributed by atoms with Crippen molar-refractivity contribution in [1.29, 1.82) is 0 Å². The van der Waals surface area contributed by atoms with E-state index >= 15 is 0 Å². The number of carboxylic acids is 1. The molecule has 2 saturated heterocycles. The lowest BCUT2D eigenvalue weighted by atomic mass is 9.98. The molecule has 0 aromatic carbocycles. The van der Waals surface area contributed by atoms with Crippen LogP contribution in [0.1, 0.15) is 27.7 Å². The Kier molecular flexibility index (Phi) is 3.04. The molecule has 6 nitrogen and oxygen atoms in total. The van der Waals surface area contributed by atoms with Crippen LogP contribution >= 0.6 is 11.8 Å². The number of nitrogens with zero attached hydrogens (tertiary/aromatic N) is 2. The van der Waals surface area contributed by atoms with E-state index in [4.69, 9.17) is 4.84 Å². The van der Waals surface area contributed by atoms with Gasteiger partial charge < -0.3 is 14.8 Å². The summed E-state index contributed by atoms with van der Waals surface area (Å²) in [6, 6.07) is -0.807. The highest BCUT2D eigenvalue weighted by atomic mass is 32.2. The lowest BCUT2D eigenvalue weighted by molar-refractivity contribution is -0.150. The molecule has 1 amide bonds. The molecular weight excluding hydrogens is 256 g/mol. The number of amides is 1. The second-order valence-electron chi connectivity index (χ2n) is 5.16. The number of carbonyl (C=O) groups is 2. The highest BCUT2D eigenvalue weighted by molar-refractivity contribution is 8.02. The zero-order valence-electron chi connectivity index (χ0n) is 10.7. The SMILES string of the molecule is CC(C)O/N=C1/C(=O)N2[C@@H]1SC(C)(C)[C@@H]2C(=O)O. The zero-order chi connectivity index (χ0) is 13.7. The molecule has 2 fully saturated rings. The van der Waals surface area contributed by atoms with Gasteiger partial charge in [-0.25, -0.2) is 4.79 Å². The quantitative estimate of drug-likeness (QED) is 0.610. The van der Waals surface area contributed by atoms with Crippen molar-refractivity contribution < 1.29 is 19.5 Å². The van der Waals surface area contributed by atoms with Crippen molar-refractivity contribution in [3.63, 3.8) is 0 Å². The number of fused-ring (bicyclic) bond motifs is 1. The van der Waals surface area contributed by atoms with Crippen LogP contribution in [0, 0.1) is 0 Å². The van der Waals surface area contributed by atoms with Gasteiger partial charge >= 0.3 is 5.97 Å². The summed E-state index contributed by atoms with van der Waals surface area (Å²) in [6.45, 7) is 7.28. The van der Waals surface area contributed by atoms with E-state index in [1.54, 1.807) is 0 Å². The summed E-state index contributed by atoms with van der Waals surface area (Å²) in [6.07, 6.45) is -0.103. The maximum Gasteiger partial charge on any atom is 0.327 e. The first kappa shape index (κ1) is 13.2. The molecule has 0 aliphatic carbocycles. The Morgan fingerprint density at radius 2 is 2.17 bits per heavy atom. The van der Waals surface area contributed by atoms with Gasteiger partial charge in [-0.1, -0.05) is 5.16 Å². The van der Waals surface area contributed by atoms with Crippen LogP contribution in [0.2, 0.25) is 0 Å². The molecule has 7 heteroatoms. The van der Waals surface area contributed by atoms with Crippen LogP contribution in [-0.2, 0) is 14.4 Å². The average molecular weight is 272 g/mol. The third-order valence-electron chi connectivity index (χ3n) is 2.89. The standard InChI is InChI=1S/C11H16N2O4S/c1-5(2)17-12-6-8(14)13-7(10(15)16)11(3,4)18-9(6)13/h5,7,9H,1-4H3,(H,15,16)/b12-6-/t7-,9+/m0/s1. The Labute approximate surface area is 109 Å². The first-order chi connectivity index (χ1) is 8.25. The van der Waals surface area contributed by atoms with Gasteiger partial charge in [0.15, 0.2) is 5.71 Å². The third-order valence-corrected chi connectivity index (χ3v) is 4.39. The first-order valence-corrected chi connectivity index (χ1v) is 6.60. The molecule has 0 aromatic rings. The number of oxime groups is 1. The topological polar surface area (TPSA) is 79.2 Å². The van der Waals surface area contributed by atoms with E-state index in [-0.39, 0.29) is 17.4 Å². The number of hydrogen-bond donors (Lipinski definition) is 1. The monoisotopic (exact) mass is 272 g/mol. The average Bonchev–Trinajstić information content (AvgIpc) is 2.47. The number of thioether (sulfide) groups is 1. The Hall–Kier alpha value is -1.24. The zero-order valence-corrected chi connectivity index (χ0v) is 11.5. The van der Waals surface area contributed by atoms with E-state index in [9.17, 15) is 14.7 Å². The molecule has 100 valence electrons. The molecule has 2 aliphatic heterocycles. The maximum absolute atomic E-state index is 11.9. The number of rotatable bonds is 3. The van der Waals surface area contributed by atoms with Crippen molar-refractivity contribution >= 4 is 29.4 Å². The van der Waals surface area contributed by atoms with Gasteiger partial charge in [0, 0.05) is 4.75 Å². The van der Waals surface area contributed by atoms with Gasteiger partial charge in [-0.3, -0.25) is 4.79 Å². The van der Waals surface area contributed by atoms with Gasteiger partial charge in [-0.15, -0.1) is 11.8 Å².